The Hall–Kier alpha value is -3.00. The first kappa shape index (κ1) is 27.0. The van der Waals surface area contributed by atoms with Crippen LogP contribution in [0.3, 0.4) is 0 Å². The number of rotatable bonds is 6. The molecule has 0 aliphatic carbocycles. The third-order valence-electron chi connectivity index (χ3n) is 7.48. The Morgan fingerprint density at radius 3 is 2.11 bits per heavy atom. The number of sulfone groups is 1. The molecule has 4 rings (SSSR count). The average Bonchev–Trinajstić information content (AvgIpc) is 3.08. The van der Waals surface area contributed by atoms with Crippen LogP contribution in [0.2, 0.25) is 0 Å². The molecule has 0 N–H and O–H groups in total. The van der Waals surface area contributed by atoms with E-state index in [0.717, 1.165) is 5.56 Å². The lowest BCUT2D eigenvalue weighted by Crippen LogP contribution is -2.42. The van der Waals surface area contributed by atoms with Gasteiger partial charge in [-0.2, -0.15) is 0 Å². The summed E-state index contributed by atoms with van der Waals surface area (Å²) in [4.78, 5) is 42.1. The Kier molecular flexibility index (Phi) is 7.34. The van der Waals surface area contributed by atoms with Gasteiger partial charge in [-0.15, -0.1) is 0 Å². The lowest BCUT2D eigenvalue weighted by Gasteiger charge is -2.33. The molecule has 2 aliphatic rings. The molecule has 2 heterocycles. The number of likely N-dealkylation sites (tertiary alicyclic amines) is 1. The van der Waals surface area contributed by atoms with Crippen LogP contribution in [-0.4, -0.2) is 54.6 Å². The van der Waals surface area contributed by atoms with Gasteiger partial charge in [0.25, 0.3) is 11.8 Å². The summed E-state index contributed by atoms with van der Waals surface area (Å²) in [5, 5.41) is 0. The van der Waals surface area contributed by atoms with Gasteiger partial charge in [-0.25, -0.2) is 13.3 Å². The minimum Gasteiger partial charge on any atom is -0.342 e. The van der Waals surface area contributed by atoms with Crippen LogP contribution in [0.25, 0.3) is 0 Å². The van der Waals surface area contributed by atoms with E-state index >= 15 is 0 Å². The van der Waals surface area contributed by atoms with Crippen molar-refractivity contribution in [3.05, 3.63) is 64.7 Å². The molecule has 7 nitrogen and oxygen atoms in total. The lowest BCUT2D eigenvalue weighted by molar-refractivity contribution is -0.131. The standard InChI is InChI=1S/C29H36N2O5S/c1-19(2)22-7-9-23(10-8-22)31-27(33)24-11-6-21(16-25(24)28(31)34)17-26(32)30-14-12-20(13-15-30)18-37(35,36)29(3,4)5/h6-11,16,19-20H,12-15,17-18H2,1-5H3. The van der Waals surface area contributed by atoms with E-state index in [0.29, 0.717) is 54.2 Å². The van der Waals surface area contributed by atoms with Crippen LogP contribution in [0.5, 0.6) is 0 Å². The highest BCUT2D eigenvalue weighted by Gasteiger charge is 2.37. The molecule has 37 heavy (non-hydrogen) atoms. The van der Waals surface area contributed by atoms with Gasteiger partial charge in [-0.05, 0) is 80.8 Å². The van der Waals surface area contributed by atoms with E-state index in [1.807, 2.05) is 12.1 Å². The van der Waals surface area contributed by atoms with Crippen LogP contribution >= 0.6 is 0 Å². The van der Waals surface area contributed by atoms with Gasteiger partial charge in [0.2, 0.25) is 5.91 Å². The summed E-state index contributed by atoms with van der Waals surface area (Å²) in [7, 11) is -3.20. The van der Waals surface area contributed by atoms with E-state index in [1.54, 1.807) is 56.0 Å². The van der Waals surface area contributed by atoms with E-state index in [-0.39, 0.29) is 35.8 Å². The maximum Gasteiger partial charge on any atom is 0.266 e. The molecule has 0 bridgehead atoms. The summed E-state index contributed by atoms with van der Waals surface area (Å²) in [6.45, 7) is 10.4. The van der Waals surface area contributed by atoms with Gasteiger partial charge in [0.15, 0.2) is 9.84 Å². The van der Waals surface area contributed by atoms with Gasteiger partial charge in [0.05, 0.1) is 33.7 Å². The van der Waals surface area contributed by atoms with Crippen molar-refractivity contribution >= 4 is 33.2 Å². The first-order valence-electron chi connectivity index (χ1n) is 12.9. The zero-order valence-electron chi connectivity index (χ0n) is 22.3. The highest BCUT2D eigenvalue weighted by atomic mass is 32.2. The highest BCUT2D eigenvalue weighted by molar-refractivity contribution is 7.92. The Labute approximate surface area is 219 Å². The predicted octanol–water partition coefficient (Wildman–Crippen LogP) is 4.61. The van der Waals surface area contributed by atoms with Crippen LogP contribution in [0, 0.1) is 5.92 Å². The van der Waals surface area contributed by atoms with Gasteiger partial charge < -0.3 is 4.90 Å². The first-order chi connectivity index (χ1) is 17.3. The topological polar surface area (TPSA) is 91.8 Å². The van der Waals surface area contributed by atoms with Crippen molar-refractivity contribution in [2.45, 2.75) is 64.5 Å². The van der Waals surface area contributed by atoms with Gasteiger partial charge in [0, 0.05) is 13.1 Å². The molecule has 0 spiro atoms. The molecule has 2 aliphatic heterocycles. The summed E-state index contributed by atoms with van der Waals surface area (Å²) >= 11 is 0. The summed E-state index contributed by atoms with van der Waals surface area (Å²) < 4.78 is 24.3. The third-order valence-corrected chi connectivity index (χ3v) is 10.3. The molecular weight excluding hydrogens is 488 g/mol. The van der Waals surface area contributed by atoms with Gasteiger partial charge in [0.1, 0.15) is 0 Å². The van der Waals surface area contributed by atoms with Crippen LogP contribution < -0.4 is 4.90 Å². The third kappa shape index (κ3) is 5.49. The number of piperidine rings is 1. The molecule has 8 heteroatoms. The fourth-order valence-electron chi connectivity index (χ4n) is 4.84. The molecule has 198 valence electrons. The van der Waals surface area contributed by atoms with Crippen molar-refractivity contribution in [1.82, 2.24) is 4.90 Å². The van der Waals surface area contributed by atoms with Crippen molar-refractivity contribution < 1.29 is 22.8 Å². The van der Waals surface area contributed by atoms with E-state index < -0.39 is 14.6 Å². The number of nitrogens with zero attached hydrogens (tertiary/aromatic N) is 2. The number of benzene rings is 2. The van der Waals surface area contributed by atoms with Gasteiger partial charge in [-0.1, -0.05) is 32.0 Å². The lowest BCUT2D eigenvalue weighted by atomic mass is 9.98. The molecule has 0 atom stereocenters. The number of hydrogen-bond donors (Lipinski definition) is 0. The fraction of sp³-hybridized carbons (Fsp3) is 0.483. The molecule has 1 fully saturated rings. The Morgan fingerprint density at radius 1 is 0.946 bits per heavy atom. The van der Waals surface area contributed by atoms with Crippen LogP contribution in [-0.2, 0) is 21.1 Å². The minimum absolute atomic E-state index is 0.0532. The smallest absolute Gasteiger partial charge is 0.266 e. The number of hydrogen-bond acceptors (Lipinski definition) is 5. The van der Waals surface area contributed by atoms with Gasteiger partial charge in [-0.3, -0.25) is 14.4 Å². The molecule has 1 saturated heterocycles. The second-order valence-electron chi connectivity index (χ2n) is 11.5. The quantitative estimate of drug-likeness (QED) is 0.515. The van der Waals surface area contributed by atoms with E-state index in [9.17, 15) is 22.8 Å². The zero-order chi connectivity index (χ0) is 27.1. The Balaban J connectivity index is 1.40. The monoisotopic (exact) mass is 524 g/mol. The van der Waals surface area contributed by atoms with E-state index in [4.69, 9.17) is 0 Å². The number of carbonyl (C=O) groups is 3. The maximum atomic E-state index is 13.1. The fourth-order valence-corrected chi connectivity index (χ4v) is 6.29. The van der Waals surface area contributed by atoms with Crippen LogP contribution in [0.15, 0.2) is 42.5 Å². The zero-order valence-corrected chi connectivity index (χ0v) is 23.1. The molecule has 0 radical (unpaired) electrons. The van der Waals surface area contributed by atoms with Crippen LogP contribution in [0.4, 0.5) is 5.69 Å². The van der Waals surface area contributed by atoms with Crippen molar-refractivity contribution in [2.75, 3.05) is 23.7 Å². The minimum atomic E-state index is -3.20. The largest absolute Gasteiger partial charge is 0.342 e. The van der Waals surface area contributed by atoms with Crippen molar-refractivity contribution in [3.63, 3.8) is 0 Å². The number of fused-ring (bicyclic) bond motifs is 1. The molecule has 0 saturated carbocycles. The number of imide groups is 1. The molecule has 2 aromatic carbocycles. The maximum absolute atomic E-state index is 13.1. The number of amides is 3. The normalized spacial score (nSPS) is 17.0. The Bertz CT molecular complexity index is 1320. The second kappa shape index (κ2) is 10.0. The van der Waals surface area contributed by atoms with E-state index in [1.165, 1.54) is 4.90 Å². The molecule has 3 amide bonds. The number of anilines is 1. The molecule has 2 aromatic rings. The predicted molar refractivity (Wildman–Crippen MR) is 145 cm³/mol. The van der Waals surface area contributed by atoms with Crippen molar-refractivity contribution in [2.24, 2.45) is 5.92 Å². The van der Waals surface area contributed by atoms with Crippen molar-refractivity contribution in [1.29, 1.82) is 0 Å². The molecule has 0 unspecified atom stereocenters. The summed E-state index contributed by atoms with van der Waals surface area (Å²) in [5.41, 5.74) is 2.99. The summed E-state index contributed by atoms with van der Waals surface area (Å²) in [6.07, 6.45) is 1.44. The number of carbonyl (C=O) groups excluding carboxylic acids is 3. The summed E-state index contributed by atoms with van der Waals surface area (Å²) in [6, 6.07) is 12.4. The second-order valence-corrected chi connectivity index (χ2v) is 14.3. The van der Waals surface area contributed by atoms with Crippen LogP contribution in [0.1, 0.15) is 85.2 Å². The van der Waals surface area contributed by atoms with E-state index in [2.05, 4.69) is 13.8 Å². The average molecular weight is 525 g/mol. The highest BCUT2D eigenvalue weighted by Crippen LogP contribution is 2.31. The van der Waals surface area contributed by atoms with Crippen molar-refractivity contribution in [3.8, 4) is 0 Å². The molecule has 0 aromatic heterocycles. The molecular formula is C29H36N2O5S. The SMILES string of the molecule is CC(C)c1ccc(N2C(=O)c3ccc(CC(=O)N4CCC(CS(=O)(=O)C(C)(C)C)CC4)cc3C2=O)cc1. The Morgan fingerprint density at radius 2 is 1.54 bits per heavy atom. The summed E-state index contributed by atoms with van der Waals surface area (Å²) in [5.74, 6) is -0.253. The van der Waals surface area contributed by atoms with Gasteiger partial charge >= 0.3 is 0 Å². The first-order valence-corrected chi connectivity index (χ1v) is 14.6.